The molecule has 0 spiro atoms. The molecule has 0 fully saturated rings. The number of furan rings is 1. The molecular formula is C16H21NOS. The number of thiophene rings is 1. The Morgan fingerprint density at radius 2 is 2.21 bits per heavy atom. The zero-order valence-electron chi connectivity index (χ0n) is 11.7. The van der Waals surface area contributed by atoms with Gasteiger partial charge in [-0.1, -0.05) is 13.8 Å². The summed E-state index contributed by atoms with van der Waals surface area (Å²) in [5.41, 5.74) is 1.56. The third kappa shape index (κ3) is 2.49. The van der Waals surface area contributed by atoms with Crippen molar-refractivity contribution in [2.24, 2.45) is 0 Å². The van der Waals surface area contributed by atoms with Crippen molar-refractivity contribution in [3.63, 3.8) is 0 Å². The Balaban J connectivity index is 1.90. The summed E-state index contributed by atoms with van der Waals surface area (Å²) in [7, 11) is 0. The van der Waals surface area contributed by atoms with Gasteiger partial charge in [0.1, 0.15) is 17.6 Å². The summed E-state index contributed by atoms with van der Waals surface area (Å²) >= 11 is 1.96. The number of hydrogen-bond donors (Lipinski definition) is 1. The molecule has 0 radical (unpaired) electrons. The van der Waals surface area contributed by atoms with Crippen LogP contribution in [0.4, 0.5) is 0 Å². The van der Waals surface area contributed by atoms with E-state index in [9.17, 15) is 0 Å². The van der Waals surface area contributed by atoms with Crippen molar-refractivity contribution in [3.05, 3.63) is 45.0 Å². The van der Waals surface area contributed by atoms with Crippen LogP contribution in [0, 0.1) is 0 Å². The molecule has 2 aromatic heterocycles. The second-order valence-corrected chi connectivity index (χ2v) is 6.27. The maximum Gasteiger partial charge on any atom is 0.126 e. The van der Waals surface area contributed by atoms with E-state index in [1.54, 1.807) is 10.4 Å². The minimum Gasteiger partial charge on any atom is -0.464 e. The summed E-state index contributed by atoms with van der Waals surface area (Å²) in [6, 6.07) is 6.83. The van der Waals surface area contributed by atoms with Crippen LogP contribution in [-0.2, 0) is 19.3 Å². The van der Waals surface area contributed by atoms with E-state index in [0.717, 1.165) is 24.5 Å². The van der Waals surface area contributed by atoms with Gasteiger partial charge >= 0.3 is 0 Å². The molecule has 0 aromatic carbocycles. The highest BCUT2D eigenvalue weighted by atomic mass is 32.1. The van der Waals surface area contributed by atoms with Crippen LogP contribution in [0.5, 0.6) is 0 Å². The van der Waals surface area contributed by atoms with Gasteiger partial charge in [-0.2, -0.15) is 0 Å². The summed E-state index contributed by atoms with van der Waals surface area (Å²) in [6.45, 7) is 5.23. The van der Waals surface area contributed by atoms with Crippen LogP contribution in [0.1, 0.15) is 53.1 Å². The highest BCUT2D eigenvalue weighted by molar-refractivity contribution is 7.12. The van der Waals surface area contributed by atoms with Crippen LogP contribution < -0.4 is 5.32 Å². The van der Waals surface area contributed by atoms with Crippen molar-refractivity contribution in [3.8, 4) is 0 Å². The number of rotatable bonds is 5. The molecule has 0 bridgehead atoms. The fourth-order valence-electron chi connectivity index (χ4n) is 2.78. The molecule has 1 aliphatic rings. The van der Waals surface area contributed by atoms with Gasteiger partial charge in [0.2, 0.25) is 0 Å². The van der Waals surface area contributed by atoms with Gasteiger partial charge in [-0.05, 0) is 49.6 Å². The van der Waals surface area contributed by atoms with Gasteiger partial charge in [-0.3, -0.25) is 0 Å². The number of aryl methyl sites for hydroxylation is 3. The smallest absolute Gasteiger partial charge is 0.126 e. The third-order valence-electron chi connectivity index (χ3n) is 3.77. The molecule has 1 N–H and O–H groups in total. The zero-order valence-corrected chi connectivity index (χ0v) is 12.5. The molecule has 102 valence electrons. The lowest BCUT2D eigenvalue weighted by Crippen LogP contribution is -2.20. The van der Waals surface area contributed by atoms with Crippen molar-refractivity contribution in [1.82, 2.24) is 5.32 Å². The first kappa shape index (κ1) is 12.9. The fraction of sp³-hybridized carbons (Fsp3) is 0.500. The van der Waals surface area contributed by atoms with E-state index in [1.807, 2.05) is 11.3 Å². The second kappa shape index (κ2) is 5.51. The topological polar surface area (TPSA) is 25.2 Å². The average Bonchev–Trinajstić information content (AvgIpc) is 3.10. The lowest BCUT2D eigenvalue weighted by atomic mass is 10.1. The molecule has 0 amide bonds. The van der Waals surface area contributed by atoms with Crippen LogP contribution in [-0.4, -0.2) is 6.54 Å². The van der Waals surface area contributed by atoms with Crippen LogP contribution in [0.3, 0.4) is 0 Å². The fourth-order valence-corrected chi connectivity index (χ4v) is 4.12. The van der Waals surface area contributed by atoms with Crippen LogP contribution in [0.2, 0.25) is 0 Å². The van der Waals surface area contributed by atoms with Gasteiger partial charge in [0.05, 0.1) is 0 Å². The van der Waals surface area contributed by atoms with Gasteiger partial charge in [0, 0.05) is 16.2 Å². The summed E-state index contributed by atoms with van der Waals surface area (Å²) in [4.78, 5) is 2.99. The molecule has 0 aliphatic heterocycles. The molecule has 0 saturated heterocycles. The van der Waals surface area contributed by atoms with E-state index >= 15 is 0 Å². The molecule has 2 aromatic rings. The molecule has 3 heteroatoms. The standard InChI is InChI=1S/C16H21NOS/c1-3-12-8-9-13(18-12)16(17-4-2)15-10-11-6-5-7-14(11)19-15/h8-10,16-17H,3-7H2,1-2H3. The Kier molecular flexibility index (Phi) is 3.76. The van der Waals surface area contributed by atoms with E-state index in [0.29, 0.717) is 0 Å². The van der Waals surface area contributed by atoms with Gasteiger partial charge < -0.3 is 9.73 Å². The summed E-state index contributed by atoms with van der Waals surface area (Å²) in [5.74, 6) is 2.13. The first-order valence-electron chi connectivity index (χ1n) is 7.25. The Hall–Kier alpha value is -1.06. The maximum absolute atomic E-state index is 5.95. The highest BCUT2D eigenvalue weighted by Gasteiger charge is 2.23. The Bertz CT molecular complexity index is 533. The largest absolute Gasteiger partial charge is 0.464 e. The highest BCUT2D eigenvalue weighted by Crippen LogP contribution is 2.36. The van der Waals surface area contributed by atoms with E-state index in [-0.39, 0.29) is 6.04 Å². The Labute approximate surface area is 118 Å². The molecule has 1 atom stereocenters. The van der Waals surface area contributed by atoms with E-state index < -0.39 is 0 Å². The van der Waals surface area contributed by atoms with Crippen LogP contribution in [0.15, 0.2) is 22.6 Å². The molecule has 1 unspecified atom stereocenters. The molecule has 2 heterocycles. The van der Waals surface area contributed by atoms with E-state index in [4.69, 9.17) is 4.42 Å². The van der Waals surface area contributed by atoms with Crippen molar-refractivity contribution >= 4 is 11.3 Å². The third-order valence-corrected chi connectivity index (χ3v) is 5.08. The lowest BCUT2D eigenvalue weighted by molar-refractivity contribution is 0.428. The second-order valence-electron chi connectivity index (χ2n) is 5.10. The van der Waals surface area contributed by atoms with Gasteiger partial charge in [-0.25, -0.2) is 0 Å². The van der Waals surface area contributed by atoms with Gasteiger partial charge in [0.15, 0.2) is 0 Å². The van der Waals surface area contributed by atoms with Crippen molar-refractivity contribution in [2.75, 3.05) is 6.54 Å². The Morgan fingerprint density at radius 3 is 2.89 bits per heavy atom. The summed E-state index contributed by atoms with van der Waals surface area (Å²) in [6.07, 6.45) is 4.80. The molecular weight excluding hydrogens is 254 g/mol. The Morgan fingerprint density at radius 1 is 1.32 bits per heavy atom. The lowest BCUT2D eigenvalue weighted by Gasteiger charge is -2.14. The summed E-state index contributed by atoms with van der Waals surface area (Å²) in [5, 5.41) is 3.56. The minimum absolute atomic E-state index is 0.223. The number of fused-ring (bicyclic) bond motifs is 1. The molecule has 1 aliphatic carbocycles. The normalized spacial score (nSPS) is 15.7. The maximum atomic E-state index is 5.95. The number of nitrogens with one attached hydrogen (secondary N) is 1. The molecule has 2 nitrogen and oxygen atoms in total. The van der Waals surface area contributed by atoms with Crippen LogP contribution >= 0.6 is 11.3 Å². The first-order valence-corrected chi connectivity index (χ1v) is 8.07. The van der Waals surface area contributed by atoms with E-state index in [2.05, 4.69) is 37.4 Å². The first-order chi connectivity index (χ1) is 9.31. The molecule has 19 heavy (non-hydrogen) atoms. The SMILES string of the molecule is CCNC(c1ccc(CC)o1)c1cc2c(s1)CCC2. The minimum atomic E-state index is 0.223. The van der Waals surface area contributed by atoms with Crippen LogP contribution in [0.25, 0.3) is 0 Å². The molecule has 0 saturated carbocycles. The van der Waals surface area contributed by atoms with E-state index in [1.165, 1.54) is 24.1 Å². The predicted octanol–water partition coefficient (Wildman–Crippen LogP) is 4.09. The van der Waals surface area contributed by atoms with Crippen molar-refractivity contribution < 1.29 is 4.42 Å². The quantitative estimate of drug-likeness (QED) is 0.889. The molecule has 3 rings (SSSR count). The summed E-state index contributed by atoms with van der Waals surface area (Å²) < 4.78 is 5.95. The van der Waals surface area contributed by atoms with Gasteiger partial charge in [0.25, 0.3) is 0 Å². The monoisotopic (exact) mass is 275 g/mol. The van der Waals surface area contributed by atoms with Crippen molar-refractivity contribution in [1.29, 1.82) is 0 Å². The van der Waals surface area contributed by atoms with Crippen molar-refractivity contribution in [2.45, 2.75) is 45.6 Å². The zero-order chi connectivity index (χ0) is 13.2. The number of hydrogen-bond acceptors (Lipinski definition) is 3. The van der Waals surface area contributed by atoms with Gasteiger partial charge in [-0.15, -0.1) is 11.3 Å². The average molecular weight is 275 g/mol. The predicted molar refractivity (Wildman–Crippen MR) is 79.9 cm³/mol.